The van der Waals surface area contributed by atoms with Gasteiger partial charge in [0.1, 0.15) is 0 Å². The monoisotopic (exact) mass is 271 g/mol. The van der Waals surface area contributed by atoms with Crippen molar-refractivity contribution in [3.8, 4) is 0 Å². The molecule has 0 amide bonds. The Hall–Kier alpha value is -2.08. The number of fused-ring (bicyclic) bond motifs is 5. The quantitative estimate of drug-likeness (QED) is 0.704. The zero-order chi connectivity index (χ0) is 14.2. The van der Waals surface area contributed by atoms with E-state index in [-0.39, 0.29) is 0 Å². The molecule has 0 aliphatic heterocycles. The van der Waals surface area contributed by atoms with Gasteiger partial charge in [-0.25, -0.2) is 0 Å². The van der Waals surface area contributed by atoms with Crippen molar-refractivity contribution in [2.24, 2.45) is 0 Å². The van der Waals surface area contributed by atoms with Gasteiger partial charge in [0.2, 0.25) is 0 Å². The molecule has 1 radical (unpaired) electrons. The van der Waals surface area contributed by atoms with Crippen LogP contribution in [0.25, 0.3) is 11.6 Å². The Morgan fingerprint density at radius 3 is 2.95 bits per heavy atom. The van der Waals surface area contributed by atoms with E-state index in [1.54, 1.807) is 0 Å². The van der Waals surface area contributed by atoms with Crippen molar-refractivity contribution in [3.05, 3.63) is 88.9 Å². The van der Waals surface area contributed by atoms with Gasteiger partial charge < -0.3 is 0 Å². The van der Waals surface area contributed by atoms with E-state index >= 15 is 0 Å². The third-order valence-corrected chi connectivity index (χ3v) is 4.60. The Bertz CT molecular complexity index is 746. The predicted octanol–water partition coefficient (Wildman–Crippen LogP) is 5.20. The molecule has 0 saturated heterocycles. The lowest BCUT2D eigenvalue weighted by molar-refractivity contribution is 0.990. The van der Waals surface area contributed by atoms with Crippen molar-refractivity contribution in [1.82, 2.24) is 0 Å². The van der Waals surface area contributed by atoms with Gasteiger partial charge >= 0.3 is 0 Å². The van der Waals surface area contributed by atoms with E-state index in [9.17, 15) is 0 Å². The molecule has 0 aromatic heterocycles. The van der Waals surface area contributed by atoms with Gasteiger partial charge in [-0.15, -0.1) is 0 Å². The lowest BCUT2D eigenvalue weighted by Gasteiger charge is -2.29. The summed E-state index contributed by atoms with van der Waals surface area (Å²) < 4.78 is 0. The van der Waals surface area contributed by atoms with Gasteiger partial charge in [0.25, 0.3) is 0 Å². The first-order valence-corrected chi connectivity index (χ1v) is 7.74. The number of hydrogen-bond donors (Lipinski definition) is 0. The maximum atomic E-state index is 2.42. The van der Waals surface area contributed by atoms with Crippen molar-refractivity contribution in [1.29, 1.82) is 0 Å². The summed E-state index contributed by atoms with van der Waals surface area (Å²) in [5.74, 6) is 0.431. The molecule has 0 fully saturated rings. The minimum atomic E-state index is 0.431. The van der Waals surface area contributed by atoms with Crippen LogP contribution in [-0.2, 0) is 12.8 Å². The highest BCUT2D eigenvalue weighted by Crippen LogP contribution is 2.43. The Labute approximate surface area is 126 Å². The van der Waals surface area contributed by atoms with Crippen molar-refractivity contribution in [2.75, 3.05) is 0 Å². The highest BCUT2D eigenvalue weighted by atomic mass is 14.3. The minimum Gasteiger partial charge on any atom is -0.0753 e. The van der Waals surface area contributed by atoms with Crippen LogP contribution in [0.3, 0.4) is 0 Å². The second kappa shape index (κ2) is 5.04. The first kappa shape index (κ1) is 12.6. The third-order valence-electron chi connectivity index (χ3n) is 4.60. The molecule has 1 unspecified atom stereocenters. The molecule has 0 nitrogen and oxygen atoms in total. The summed E-state index contributed by atoms with van der Waals surface area (Å²) in [5.41, 5.74) is 8.64. The van der Waals surface area contributed by atoms with Gasteiger partial charge in [0.05, 0.1) is 0 Å². The van der Waals surface area contributed by atoms with Gasteiger partial charge in [-0.2, -0.15) is 0 Å². The largest absolute Gasteiger partial charge is 0.0753 e. The van der Waals surface area contributed by atoms with E-state index in [2.05, 4.69) is 74.0 Å². The van der Waals surface area contributed by atoms with Gasteiger partial charge in [0.15, 0.2) is 0 Å². The highest BCUT2D eigenvalue weighted by Gasteiger charge is 2.25. The average Bonchev–Trinajstić information content (AvgIpc) is 2.54. The summed E-state index contributed by atoms with van der Waals surface area (Å²) in [5, 5.41) is 0. The van der Waals surface area contributed by atoms with E-state index in [1.807, 2.05) is 0 Å². The molecule has 2 aromatic carbocycles. The van der Waals surface area contributed by atoms with Crippen LogP contribution in [0.4, 0.5) is 0 Å². The van der Waals surface area contributed by atoms with E-state index in [4.69, 9.17) is 0 Å². The minimum absolute atomic E-state index is 0.431. The number of rotatable bonds is 2. The van der Waals surface area contributed by atoms with Crippen LogP contribution < -0.4 is 0 Å². The molecular weight excluding hydrogens is 252 g/mol. The van der Waals surface area contributed by atoms with E-state index < -0.39 is 0 Å². The van der Waals surface area contributed by atoms with Crippen LogP contribution in [0.2, 0.25) is 0 Å². The second-order valence-corrected chi connectivity index (χ2v) is 5.93. The van der Waals surface area contributed by atoms with Crippen molar-refractivity contribution in [3.63, 3.8) is 0 Å². The second-order valence-electron chi connectivity index (χ2n) is 5.93. The van der Waals surface area contributed by atoms with Crippen LogP contribution in [0.1, 0.15) is 40.7 Å². The Balaban J connectivity index is 1.82. The van der Waals surface area contributed by atoms with Crippen LogP contribution in [0.5, 0.6) is 0 Å². The summed E-state index contributed by atoms with van der Waals surface area (Å²) in [4.78, 5) is 0. The summed E-state index contributed by atoms with van der Waals surface area (Å²) >= 11 is 0. The SMILES string of the molecule is C[CH]Cc1ccc2c(c1)C1C=Cc3ccccc3C1=CC2. The first-order valence-electron chi connectivity index (χ1n) is 7.74. The summed E-state index contributed by atoms with van der Waals surface area (Å²) in [7, 11) is 0. The lowest BCUT2D eigenvalue weighted by atomic mass is 9.74. The highest BCUT2D eigenvalue weighted by molar-refractivity contribution is 5.85. The van der Waals surface area contributed by atoms with Gasteiger partial charge in [-0.05, 0) is 52.7 Å². The normalized spacial score (nSPS) is 18.5. The fourth-order valence-corrected chi connectivity index (χ4v) is 3.59. The third kappa shape index (κ3) is 2.06. The maximum Gasteiger partial charge on any atom is 0.0278 e. The first-order chi connectivity index (χ1) is 10.4. The fourth-order valence-electron chi connectivity index (χ4n) is 3.59. The predicted molar refractivity (Wildman–Crippen MR) is 90.0 cm³/mol. The maximum absolute atomic E-state index is 2.42. The van der Waals surface area contributed by atoms with Gasteiger partial charge in [-0.3, -0.25) is 0 Å². The topological polar surface area (TPSA) is 0 Å². The zero-order valence-electron chi connectivity index (χ0n) is 12.3. The molecule has 21 heavy (non-hydrogen) atoms. The van der Waals surface area contributed by atoms with Crippen molar-refractivity contribution < 1.29 is 0 Å². The number of hydrogen-bond acceptors (Lipinski definition) is 0. The van der Waals surface area contributed by atoms with E-state index in [1.165, 1.54) is 33.4 Å². The Kier molecular flexibility index (Phi) is 3.03. The molecule has 0 heterocycles. The zero-order valence-corrected chi connectivity index (χ0v) is 12.3. The summed E-state index contributed by atoms with van der Waals surface area (Å²) in [6.45, 7) is 2.13. The fraction of sp³-hybridized carbons (Fsp3) is 0.190. The standard InChI is InChI=1S/C21H19/c1-2-5-15-8-9-17-11-12-19-18-7-4-3-6-16(18)10-13-20(19)21(17)14-15/h2-4,6-10,12-14,20H,5,11H2,1H3. The molecule has 1 atom stereocenters. The number of benzene rings is 2. The molecule has 0 heteroatoms. The Morgan fingerprint density at radius 2 is 2.05 bits per heavy atom. The summed E-state index contributed by atoms with van der Waals surface area (Å²) in [6.07, 6.45) is 11.4. The smallest absolute Gasteiger partial charge is 0.0278 e. The molecule has 2 aliphatic rings. The van der Waals surface area contributed by atoms with Crippen LogP contribution in [0.15, 0.2) is 54.6 Å². The van der Waals surface area contributed by atoms with E-state index in [0.29, 0.717) is 5.92 Å². The van der Waals surface area contributed by atoms with Crippen LogP contribution >= 0.6 is 0 Å². The number of allylic oxidation sites excluding steroid dienone is 3. The molecule has 0 N–H and O–H groups in total. The van der Waals surface area contributed by atoms with Crippen molar-refractivity contribution >= 4 is 11.6 Å². The molecule has 0 bridgehead atoms. The lowest BCUT2D eigenvalue weighted by Crippen LogP contribution is -2.12. The summed E-state index contributed by atoms with van der Waals surface area (Å²) in [6, 6.07) is 15.7. The molecule has 103 valence electrons. The van der Waals surface area contributed by atoms with Gasteiger partial charge in [-0.1, -0.05) is 67.6 Å². The average molecular weight is 271 g/mol. The molecule has 0 spiro atoms. The molecule has 4 rings (SSSR count). The van der Waals surface area contributed by atoms with E-state index in [0.717, 1.165) is 12.8 Å². The van der Waals surface area contributed by atoms with Crippen molar-refractivity contribution in [2.45, 2.75) is 25.7 Å². The molecule has 2 aliphatic carbocycles. The van der Waals surface area contributed by atoms with Crippen LogP contribution in [0, 0.1) is 6.42 Å². The molecule has 0 saturated carbocycles. The van der Waals surface area contributed by atoms with Crippen LogP contribution in [-0.4, -0.2) is 0 Å². The Morgan fingerprint density at radius 1 is 1.14 bits per heavy atom. The molecular formula is C21H19. The van der Waals surface area contributed by atoms with Gasteiger partial charge in [0, 0.05) is 5.92 Å². The molecule has 2 aromatic rings.